The summed E-state index contributed by atoms with van der Waals surface area (Å²) < 4.78 is 4.88. The summed E-state index contributed by atoms with van der Waals surface area (Å²) in [6, 6.07) is 0. The summed E-state index contributed by atoms with van der Waals surface area (Å²) in [5.74, 6) is -1.12. The second kappa shape index (κ2) is 4.18. The van der Waals surface area contributed by atoms with Gasteiger partial charge in [0.1, 0.15) is 0 Å². The Hall–Kier alpha value is -1.44. The molecule has 1 atom stereocenters. The highest BCUT2D eigenvalue weighted by Crippen LogP contribution is 2.08. The Balaban J connectivity index is 0.000000980. The summed E-state index contributed by atoms with van der Waals surface area (Å²) >= 11 is 0. The largest absolute Gasteiger partial charge is 0.426 e. The summed E-state index contributed by atoms with van der Waals surface area (Å²) in [7, 11) is 0. The molecule has 2 aliphatic heterocycles. The molecule has 0 amide bonds. The zero-order chi connectivity index (χ0) is 9.26. The van der Waals surface area contributed by atoms with Crippen molar-refractivity contribution in [2.75, 3.05) is 13.1 Å². The average molecular weight is 202 g/mol. The SMILES string of the molecule is O.O=C1/C=C/C(=O)ON2CCNC2O1. The Labute approximate surface area is 79.5 Å². The van der Waals surface area contributed by atoms with Crippen LogP contribution in [0.5, 0.6) is 0 Å². The molecule has 78 valence electrons. The molecule has 0 aromatic heterocycles. The number of rotatable bonds is 0. The van der Waals surface area contributed by atoms with E-state index in [1.54, 1.807) is 0 Å². The number of nitrogens with zero attached hydrogens (tertiary/aromatic N) is 1. The van der Waals surface area contributed by atoms with Gasteiger partial charge in [0, 0.05) is 18.7 Å². The fourth-order valence-corrected chi connectivity index (χ4v) is 1.14. The van der Waals surface area contributed by atoms with Gasteiger partial charge in [-0.05, 0) is 0 Å². The van der Waals surface area contributed by atoms with Gasteiger partial charge in [-0.1, -0.05) is 5.06 Å². The van der Waals surface area contributed by atoms with Gasteiger partial charge in [0.15, 0.2) is 0 Å². The van der Waals surface area contributed by atoms with Gasteiger partial charge in [-0.3, -0.25) is 5.32 Å². The monoisotopic (exact) mass is 202 g/mol. The van der Waals surface area contributed by atoms with Crippen LogP contribution in [0.2, 0.25) is 0 Å². The molecule has 0 aromatic carbocycles. The predicted octanol–water partition coefficient (Wildman–Crippen LogP) is -2.08. The molecule has 2 heterocycles. The van der Waals surface area contributed by atoms with Crippen molar-refractivity contribution in [1.29, 1.82) is 0 Å². The number of ether oxygens (including phenoxy) is 1. The molecular formula is C7H10N2O5. The molecule has 0 spiro atoms. The molecule has 1 unspecified atom stereocenters. The van der Waals surface area contributed by atoms with Gasteiger partial charge in [-0.25, -0.2) is 9.59 Å². The van der Waals surface area contributed by atoms with E-state index in [1.165, 1.54) is 5.06 Å². The van der Waals surface area contributed by atoms with E-state index in [9.17, 15) is 9.59 Å². The van der Waals surface area contributed by atoms with Crippen LogP contribution < -0.4 is 5.32 Å². The first kappa shape index (κ1) is 10.6. The van der Waals surface area contributed by atoms with Crippen LogP contribution in [0.15, 0.2) is 12.2 Å². The first-order valence-electron chi connectivity index (χ1n) is 3.86. The lowest BCUT2D eigenvalue weighted by Crippen LogP contribution is -2.41. The maximum atomic E-state index is 10.9. The van der Waals surface area contributed by atoms with Crippen LogP contribution >= 0.6 is 0 Å². The van der Waals surface area contributed by atoms with Gasteiger partial charge in [0.2, 0.25) is 6.35 Å². The number of nitrogens with one attached hydrogen (secondary N) is 1. The summed E-state index contributed by atoms with van der Waals surface area (Å²) in [4.78, 5) is 26.7. The molecule has 14 heavy (non-hydrogen) atoms. The van der Waals surface area contributed by atoms with Crippen LogP contribution in [0.25, 0.3) is 0 Å². The van der Waals surface area contributed by atoms with Crippen LogP contribution in [0, 0.1) is 0 Å². The summed E-state index contributed by atoms with van der Waals surface area (Å²) in [6.07, 6.45) is 1.43. The van der Waals surface area contributed by atoms with E-state index < -0.39 is 18.3 Å². The molecular weight excluding hydrogens is 192 g/mol. The lowest BCUT2D eigenvalue weighted by Gasteiger charge is -2.22. The van der Waals surface area contributed by atoms with Crippen LogP contribution in [0.4, 0.5) is 0 Å². The Kier molecular flexibility index (Phi) is 3.18. The standard InChI is InChI=1S/C7H8N2O4.H2O/c10-5-1-2-6(11)13-9-4-3-8-7(9)12-5;/h1-2,7-8H,3-4H2;1H2/b2-1+;. The van der Waals surface area contributed by atoms with Crippen molar-refractivity contribution in [3.8, 4) is 0 Å². The minimum absolute atomic E-state index is 0. The summed E-state index contributed by atoms with van der Waals surface area (Å²) in [6.45, 7) is 1.13. The minimum Gasteiger partial charge on any atom is -0.426 e. The van der Waals surface area contributed by atoms with Crippen molar-refractivity contribution < 1.29 is 24.6 Å². The number of hydrogen-bond donors (Lipinski definition) is 1. The van der Waals surface area contributed by atoms with E-state index >= 15 is 0 Å². The van der Waals surface area contributed by atoms with E-state index in [1.807, 2.05) is 0 Å². The first-order chi connectivity index (χ1) is 6.25. The number of carbonyl (C=O) groups is 2. The third kappa shape index (κ3) is 2.08. The number of carbonyl (C=O) groups excluding carboxylic acids is 2. The molecule has 0 aromatic rings. The smallest absolute Gasteiger partial charge is 0.350 e. The summed E-state index contributed by atoms with van der Waals surface area (Å²) in [5, 5.41) is 4.14. The molecule has 0 saturated carbocycles. The zero-order valence-electron chi connectivity index (χ0n) is 7.23. The first-order valence-corrected chi connectivity index (χ1v) is 3.86. The third-order valence-electron chi connectivity index (χ3n) is 1.70. The summed E-state index contributed by atoms with van der Waals surface area (Å²) in [5.41, 5.74) is 0. The molecule has 2 rings (SSSR count). The van der Waals surface area contributed by atoms with E-state index in [4.69, 9.17) is 9.57 Å². The van der Waals surface area contributed by atoms with Gasteiger partial charge >= 0.3 is 11.9 Å². The van der Waals surface area contributed by atoms with Crippen molar-refractivity contribution in [3.63, 3.8) is 0 Å². The van der Waals surface area contributed by atoms with Crippen LogP contribution in [-0.4, -0.2) is 41.9 Å². The van der Waals surface area contributed by atoms with Crippen LogP contribution in [0.3, 0.4) is 0 Å². The molecule has 2 aliphatic rings. The van der Waals surface area contributed by atoms with Gasteiger partial charge in [-0.15, -0.1) is 0 Å². The fraction of sp³-hybridized carbons (Fsp3) is 0.429. The highest BCUT2D eigenvalue weighted by Gasteiger charge is 2.31. The molecule has 1 fully saturated rings. The quantitative estimate of drug-likeness (QED) is 0.452. The van der Waals surface area contributed by atoms with Gasteiger partial charge in [0.25, 0.3) is 0 Å². The average Bonchev–Trinajstić information content (AvgIpc) is 2.47. The number of fused-ring (bicyclic) bond motifs is 1. The van der Waals surface area contributed by atoms with E-state index in [-0.39, 0.29) is 5.48 Å². The highest BCUT2D eigenvalue weighted by molar-refractivity contribution is 5.91. The number of hydrogen-bond acceptors (Lipinski definition) is 6. The van der Waals surface area contributed by atoms with Crippen molar-refractivity contribution in [2.45, 2.75) is 6.35 Å². The van der Waals surface area contributed by atoms with E-state index in [2.05, 4.69) is 5.32 Å². The number of hydroxylamine groups is 2. The third-order valence-corrected chi connectivity index (χ3v) is 1.70. The molecule has 0 aliphatic carbocycles. The lowest BCUT2D eigenvalue weighted by molar-refractivity contribution is -0.228. The van der Waals surface area contributed by atoms with Crippen molar-refractivity contribution in [3.05, 3.63) is 12.2 Å². The molecule has 3 N–H and O–H groups in total. The second-order valence-electron chi connectivity index (χ2n) is 2.63. The van der Waals surface area contributed by atoms with Crippen molar-refractivity contribution >= 4 is 11.9 Å². The molecule has 0 bridgehead atoms. The lowest BCUT2D eigenvalue weighted by atomic mass is 10.5. The van der Waals surface area contributed by atoms with E-state index in [0.29, 0.717) is 13.1 Å². The van der Waals surface area contributed by atoms with Crippen molar-refractivity contribution in [1.82, 2.24) is 10.4 Å². The molecule has 1 saturated heterocycles. The Morgan fingerprint density at radius 1 is 1.36 bits per heavy atom. The van der Waals surface area contributed by atoms with E-state index in [0.717, 1.165) is 12.2 Å². The maximum Gasteiger partial charge on any atom is 0.350 e. The van der Waals surface area contributed by atoms with Gasteiger partial charge in [-0.2, -0.15) is 0 Å². The minimum atomic E-state index is -0.651. The Bertz CT molecular complexity index is 251. The van der Waals surface area contributed by atoms with Gasteiger partial charge in [0.05, 0.1) is 6.54 Å². The second-order valence-corrected chi connectivity index (χ2v) is 2.63. The highest BCUT2D eigenvalue weighted by atomic mass is 16.7. The van der Waals surface area contributed by atoms with Gasteiger partial charge < -0.3 is 15.1 Å². The topological polar surface area (TPSA) is 99.4 Å². The normalized spacial score (nSPS) is 29.0. The number of esters is 1. The molecule has 7 heteroatoms. The zero-order valence-corrected chi connectivity index (χ0v) is 7.23. The fourth-order valence-electron chi connectivity index (χ4n) is 1.14. The Morgan fingerprint density at radius 3 is 2.86 bits per heavy atom. The van der Waals surface area contributed by atoms with Crippen LogP contribution in [0.1, 0.15) is 0 Å². The van der Waals surface area contributed by atoms with Crippen LogP contribution in [-0.2, 0) is 19.2 Å². The molecule has 0 radical (unpaired) electrons. The predicted molar refractivity (Wildman–Crippen MR) is 43.4 cm³/mol. The Morgan fingerprint density at radius 2 is 2.07 bits per heavy atom. The van der Waals surface area contributed by atoms with Crippen molar-refractivity contribution in [2.24, 2.45) is 0 Å². The molecule has 7 nitrogen and oxygen atoms in total. The maximum absolute atomic E-state index is 10.9.